The summed E-state index contributed by atoms with van der Waals surface area (Å²) in [5.41, 5.74) is -2.90. The summed E-state index contributed by atoms with van der Waals surface area (Å²) >= 11 is 0. The molecule has 6 radical (unpaired) electrons. The van der Waals surface area contributed by atoms with E-state index in [0.29, 0.717) is 18.2 Å². The molecule has 0 aliphatic rings. The van der Waals surface area contributed by atoms with E-state index in [1.54, 1.807) is 0 Å². The quantitative estimate of drug-likeness (QED) is 0.544. The van der Waals surface area contributed by atoms with Gasteiger partial charge in [-0.15, -0.1) is 13.2 Å². The lowest BCUT2D eigenvalue weighted by Crippen LogP contribution is -2.37. The number of ether oxygens (including phenoxy) is 3. The third kappa shape index (κ3) is 6.76. The Kier molecular flexibility index (Phi) is 6.48. The molecule has 0 bridgehead atoms. The monoisotopic (exact) mass is 444 g/mol. The van der Waals surface area contributed by atoms with E-state index in [9.17, 15) is 35.5 Å². The largest absolute Gasteiger partial charge is 0.573 e. The highest BCUT2D eigenvalue weighted by atomic mass is 19.4. The highest BCUT2D eigenvalue weighted by molar-refractivity contribution is 6.58. The Bertz CT molecular complexity index is 987. The summed E-state index contributed by atoms with van der Waals surface area (Å²) in [5, 5.41) is 6.63. The smallest absolute Gasteiger partial charge is 0.512 e. The van der Waals surface area contributed by atoms with Crippen LogP contribution in [0.3, 0.4) is 0 Å². The van der Waals surface area contributed by atoms with Gasteiger partial charge in [0.05, 0.1) is 5.56 Å². The molecule has 0 heterocycles. The Hall–Kier alpha value is -2.99. The lowest BCUT2D eigenvalue weighted by molar-refractivity contribution is -0.274. The summed E-state index contributed by atoms with van der Waals surface area (Å²) in [6.07, 6.45) is -10.3. The predicted octanol–water partition coefficient (Wildman–Crippen LogP) is 3.73. The van der Waals surface area contributed by atoms with Gasteiger partial charge in [-0.1, -0.05) is 0 Å². The first kappa shape index (κ1) is 24.3. The van der Waals surface area contributed by atoms with E-state index in [1.807, 2.05) is 0 Å². The summed E-state index contributed by atoms with van der Waals surface area (Å²) in [6, 6.07) is 2.00. The molecule has 15 heteroatoms. The van der Waals surface area contributed by atoms with E-state index >= 15 is 0 Å². The van der Waals surface area contributed by atoms with Crippen LogP contribution >= 0.6 is 0 Å². The number of carboxylic acids is 1. The fourth-order valence-electron chi connectivity index (χ4n) is 2.18. The molecule has 0 unspecified atom stereocenters. The fourth-order valence-corrected chi connectivity index (χ4v) is 2.18. The lowest BCUT2D eigenvalue weighted by atomic mass is 9.52. The van der Waals surface area contributed by atoms with Crippen molar-refractivity contribution in [3.05, 3.63) is 47.3 Å². The molecule has 1 N–H and O–H groups in total. The predicted molar refractivity (Wildman–Crippen MR) is 92.2 cm³/mol. The number of alkyl halides is 6. The Labute approximate surface area is 173 Å². The number of aromatic carboxylic acids is 1. The van der Waals surface area contributed by atoms with Crippen molar-refractivity contribution in [3.8, 4) is 23.0 Å². The maximum atomic E-state index is 13.7. The van der Waals surface area contributed by atoms with E-state index in [-0.39, 0.29) is 12.1 Å². The van der Waals surface area contributed by atoms with Gasteiger partial charge < -0.3 is 19.3 Å². The van der Waals surface area contributed by atoms with Gasteiger partial charge in [-0.25, -0.2) is 9.18 Å². The molecule has 0 spiro atoms. The van der Waals surface area contributed by atoms with Gasteiger partial charge in [-0.2, -0.15) is 13.2 Å². The van der Waals surface area contributed by atoms with Crippen LogP contribution in [0.4, 0.5) is 30.7 Å². The molecule has 2 aromatic rings. The fraction of sp³-hybridized carbons (Fsp3) is 0.188. The molecule has 0 saturated heterocycles. The second-order valence-electron chi connectivity index (χ2n) is 5.85. The molecule has 2 aromatic carbocycles. The van der Waals surface area contributed by atoms with Gasteiger partial charge in [0.15, 0.2) is 11.5 Å². The van der Waals surface area contributed by atoms with Crippen LogP contribution < -0.4 is 14.2 Å². The molecule has 0 amide bonds. The molecular formula is C16H6B3F7O5. The first-order valence-electron chi connectivity index (χ1n) is 7.73. The van der Waals surface area contributed by atoms with Gasteiger partial charge in [-0.05, 0) is 29.6 Å². The average molecular weight is 444 g/mol. The summed E-state index contributed by atoms with van der Waals surface area (Å²) in [7, 11) is 15.6. The van der Waals surface area contributed by atoms with Crippen molar-refractivity contribution in [2.75, 3.05) is 0 Å². The Balaban J connectivity index is 2.59. The highest BCUT2D eigenvalue weighted by Gasteiger charge is 2.36. The van der Waals surface area contributed by atoms with E-state index in [4.69, 9.17) is 38.1 Å². The maximum absolute atomic E-state index is 13.7. The molecule has 158 valence electrons. The molecule has 0 atom stereocenters. The van der Waals surface area contributed by atoms with Crippen molar-refractivity contribution in [3.63, 3.8) is 0 Å². The van der Waals surface area contributed by atoms with E-state index in [2.05, 4.69) is 4.74 Å². The summed E-state index contributed by atoms with van der Waals surface area (Å²) in [4.78, 5) is 11.3. The Morgan fingerprint density at radius 2 is 1.48 bits per heavy atom. The van der Waals surface area contributed by atoms with Crippen LogP contribution in [0.1, 0.15) is 15.9 Å². The van der Waals surface area contributed by atoms with Gasteiger partial charge in [0.1, 0.15) is 46.4 Å². The summed E-state index contributed by atoms with van der Waals surface area (Å²) in [6.45, 7) is 0. The molecular weight excluding hydrogens is 438 g/mol. The van der Waals surface area contributed by atoms with Crippen LogP contribution in [0.25, 0.3) is 0 Å². The van der Waals surface area contributed by atoms with Crippen molar-refractivity contribution in [1.82, 2.24) is 0 Å². The number of hydrogen-bond donors (Lipinski definition) is 1. The van der Waals surface area contributed by atoms with Gasteiger partial charge in [-0.3, -0.25) is 0 Å². The minimum absolute atomic E-state index is 0.0449. The normalized spacial score (nSPS) is 12.4. The van der Waals surface area contributed by atoms with Gasteiger partial charge in [0, 0.05) is 6.07 Å². The van der Waals surface area contributed by atoms with Crippen LogP contribution in [0.15, 0.2) is 30.3 Å². The van der Waals surface area contributed by atoms with Crippen LogP contribution in [0.2, 0.25) is 0 Å². The lowest BCUT2D eigenvalue weighted by Gasteiger charge is -2.25. The topological polar surface area (TPSA) is 65.0 Å². The van der Waals surface area contributed by atoms with Crippen molar-refractivity contribution >= 4 is 29.5 Å². The second kappa shape index (κ2) is 8.27. The van der Waals surface area contributed by atoms with Crippen molar-refractivity contribution in [1.29, 1.82) is 0 Å². The number of benzene rings is 2. The van der Waals surface area contributed by atoms with Crippen LogP contribution in [0.5, 0.6) is 23.0 Å². The third-order valence-electron chi connectivity index (χ3n) is 3.26. The highest BCUT2D eigenvalue weighted by Crippen LogP contribution is 2.41. The Morgan fingerprint density at radius 3 is 1.97 bits per heavy atom. The number of halogens is 7. The molecule has 0 fully saturated rings. The maximum Gasteiger partial charge on any atom is 0.573 e. The molecule has 0 aromatic heterocycles. The van der Waals surface area contributed by atoms with Crippen molar-refractivity contribution in [2.24, 2.45) is 0 Å². The minimum atomic E-state index is -5.22. The Morgan fingerprint density at radius 1 is 0.871 bits per heavy atom. The second-order valence-corrected chi connectivity index (χ2v) is 5.85. The number of hydrogen-bond acceptors (Lipinski definition) is 4. The third-order valence-corrected chi connectivity index (χ3v) is 3.26. The standard InChI is InChI=1S/C16H6B3F7O5/c17-15(18,19)31-12-3-6(30-16(24,25)26)1-2-10(12)29-11-5-8(14(21,22)23)9(20)4-7(11)13(27)28/h1-5H,(H,27,28). The van der Waals surface area contributed by atoms with Gasteiger partial charge >= 0.3 is 18.5 Å². The zero-order valence-corrected chi connectivity index (χ0v) is 14.8. The van der Waals surface area contributed by atoms with Crippen LogP contribution in [-0.4, -0.2) is 46.3 Å². The summed E-state index contributed by atoms with van der Waals surface area (Å²) < 4.78 is 103. The molecule has 0 aliphatic heterocycles. The van der Waals surface area contributed by atoms with Crippen molar-refractivity contribution in [2.45, 2.75) is 17.8 Å². The number of carbonyl (C=O) groups is 1. The van der Waals surface area contributed by atoms with Gasteiger partial charge in [0.25, 0.3) is 0 Å². The molecule has 0 saturated carbocycles. The number of rotatable bonds is 6. The minimum Gasteiger partial charge on any atom is -0.512 e. The summed E-state index contributed by atoms with van der Waals surface area (Å²) in [5.74, 6) is -7.09. The molecule has 31 heavy (non-hydrogen) atoms. The SMILES string of the molecule is [B]C([B])([B])Oc1cc(OC(F)(F)F)ccc1Oc1cc(C(F)(F)F)c(F)cc1C(=O)O. The molecule has 2 rings (SSSR count). The van der Waals surface area contributed by atoms with Crippen LogP contribution in [0, 0.1) is 5.82 Å². The first-order valence-corrected chi connectivity index (χ1v) is 7.73. The average Bonchev–Trinajstić information content (AvgIpc) is 2.54. The first-order chi connectivity index (χ1) is 14.0. The van der Waals surface area contributed by atoms with E-state index in [0.717, 1.165) is 0 Å². The zero-order chi connectivity index (χ0) is 23.8. The van der Waals surface area contributed by atoms with Gasteiger partial charge in [0.2, 0.25) is 0 Å². The van der Waals surface area contributed by atoms with E-state index in [1.165, 1.54) is 0 Å². The zero-order valence-electron chi connectivity index (χ0n) is 14.8. The van der Waals surface area contributed by atoms with Crippen LogP contribution in [-0.2, 0) is 6.18 Å². The molecule has 5 nitrogen and oxygen atoms in total. The number of carboxylic acid groups (broad SMARTS) is 1. The van der Waals surface area contributed by atoms with Crippen molar-refractivity contribution < 1.29 is 54.8 Å². The molecule has 0 aliphatic carbocycles. The van der Waals surface area contributed by atoms with E-state index < -0.39 is 63.7 Å².